The summed E-state index contributed by atoms with van der Waals surface area (Å²) in [5.74, 6) is 0.297. The van der Waals surface area contributed by atoms with Crippen molar-refractivity contribution in [2.45, 2.75) is 13.0 Å². The highest BCUT2D eigenvalue weighted by Gasteiger charge is 2.13. The summed E-state index contributed by atoms with van der Waals surface area (Å²) < 4.78 is 18.8. The highest BCUT2D eigenvalue weighted by molar-refractivity contribution is 6.35. The highest BCUT2D eigenvalue weighted by Crippen LogP contribution is 2.35. The van der Waals surface area contributed by atoms with Gasteiger partial charge in [-0.25, -0.2) is 4.39 Å². The molecule has 0 saturated carbocycles. The normalized spacial score (nSPS) is 12.3. The maximum Gasteiger partial charge on any atom is 0.146 e. The Morgan fingerprint density at radius 1 is 1.11 bits per heavy atom. The summed E-state index contributed by atoms with van der Waals surface area (Å²) in [6, 6.07) is 8.72. The van der Waals surface area contributed by atoms with E-state index in [1.165, 1.54) is 25.1 Å². The molecule has 2 rings (SSSR count). The number of ether oxygens (including phenoxy) is 1. The first-order valence-electron chi connectivity index (χ1n) is 5.58. The van der Waals surface area contributed by atoms with E-state index < -0.39 is 11.9 Å². The molecule has 0 amide bonds. The van der Waals surface area contributed by atoms with Gasteiger partial charge in [0.25, 0.3) is 0 Å². The first-order valence-corrected chi connectivity index (χ1v) is 6.33. The van der Waals surface area contributed by atoms with Crippen LogP contribution in [0.15, 0.2) is 36.4 Å². The Balaban J connectivity index is 2.38. The third-order valence-electron chi connectivity index (χ3n) is 2.54. The quantitative estimate of drug-likeness (QED) is 0.866. The van der Waals surface area contributed by atoms with Gasteiger partial charge in [0.15, 0.2) is 0 Å². The summed E-state index contributed by atoms with van der Waals surface area (Å²) >= 11 is 11.8. The highest BCUT2D eigenvalue weighted by atomic mass is 35.5. The summed E-state index contributed by atoms with van der Waals surface area (Å²) in [6.07, 6.45) is -0.850. The SMILES string of the molecule is C[C@H](O)c1cc(F)ccc1Oc1ccc(Cl)cc1Cl. The molecule has 2 nitrogen and oxygen atoms in total. The van der Waals surface area contributed by atoms with Gasteiger partial charge in [-0.05, 0) is 43.3 Å². The molecule has 0 saturated heterocycles. The first kappa shape index (κ1) is 14.1. The molecule has 0 radical (unpaired) electrons. The average molecular weight is 301 g/mol. The van der Waals surface area contributed by atoms with Crippen LogP contribution in [0.4, 0.5) is 4.39 Å². The van der Waals surface area contributed by atoms with Crippen molar-refractivity contribution in [1.82, 2.24) is 0 Å². The number of benzene rings is 2. The first-order chi connectivity index (χ1) is 8.97. The topological polar surface area (TPSA) is 29.5 Å². The van der Waals surface area contributed by atoms with Crippen LogP contribution in [-0.2, 0) is 0 Å². The second-order valence-corrected chi connectivity index (χ2v) is 4.88. The molecule has 0 bridgehead atoms. The van der Waals surface area contributed by atoms with Gasteiger partial charge in [0, 0.05) is 10.6 Å². The summed E-state index contributed by atoms with van der Waals surface area (Å²) in [4.78, 5) is 0. The minimum Gasteiger partial charge on any atom is -0.455 e. The van der Waals surface area contributed by atoms with Crippen LogP contribution in [0.25, 0.3) is 0 Å². The molecular formula is C14H11Cl2FO2. The zero-order chi connectivity index (χ0) is 14.0. The molecular weight excluding hydrogens is 290 g/mol. The van der Waals surface area contributed by atoms with Crippen molar-refractivity contribution >= 4 is 23.2 Å². The van der Waals surface area contributed by atoms with Gasteiger partial charge in [-0.15, -0.1) is 0 Å². The molecule has 0 aliphatic heterocycles. The predicted molar refractivity (Wildman–Crippen MR) is 73.6 cm³/mol. The van der Waals surface area contributed by atoms with E-state index in [2.05, 4.69) is 0 Å². The Hall–Kier alpha value is -1.29. The Bertz CT molecular complexity index is 600. The van der Waals surface area contributed by atoms with Gasteiger partial charge >= 0.3 is 0 Å². The Morgan fingerprint density at radius 3 is 2.42 bits per heavy atom. The zero-order valence-electron chi connectivity index (χ0n) is 10.0. The molecule has 1 N–H and O–H groups in total. The van der Waals surface area contributed by atoms with Crippen LogP contribution in [0.3, 0.4) is 0 Å². The van der Waals surface area contributed by atoms with Crippen molar-refractivity contribution < 1.29 is 14.2 Å². The van der Waals surface area contributed by atoms with Crippen molar-refractivity contribution in [3.63, 3.8) is 0 Å². The number of rotatable bonds is 3. The van der Waals surface area contributed by atoms with Gasteiger partial charge in [-0.3, -0.25) is 0 Å². The molecule has 5 heteroatoms. The molecule has 0 heterocycles. The zero-order valence-corrected chi connectivity index (χ0v) is 11.5. The van der Waals surface area contributed by atoms with Crippen molar-refractivity contribution in [2.24, 2.45) is 0 Å². The number of aliphatic hydroxyl groups excluding tert-OH is 1. The Kier molecular flexibility index (Phi) is 4.30. The predicted octanol–water partition coefficient (Wildman–Crippen LogP) is 4.98. The van der Waals surface area contributed by atoms with Crippen LogP contribution in [-0.4, -0.2) is 5.11 Å². The maximum atomic E-state index is 13.2. The van der Waals surface area contributed by atoms with Gasteiger partial charge in [-0.1, -0.05) is 23.2 Å². The third kappa shape index (κ3) is 3.38. The molecule has 0 unspecified atom stereocenters. The molecule has 100 valence electrons. The van der Waals surface area contributed by atoms with Crippen molar-refractivity contribution in [3.8, 4) is 11.5 Å². The fraction of sp³-hybridized carbons (Fsp3) is 0.143. The van der Waals surface area contributed by atoms with E-state index in [1.54, 1.807) is 18.2 Å². The fourth-order valence-electron chi connectivity index (χ4n) is 1.62. The van der Waals surface area contributed by atoms with Crippen molar-refractivity contribution in [3.05, 3.63) is 57.8 Å². The minimum atomic E-state index is -0.850. The van der Waals surface area contributed by atoms with Crippen LogP contribution in [0.1, 0.15) is 18.6 Å². The molecule has 0 aromatic heterocycles. The van der Waals surface area contributed by atoms with E-state index in [0.717, 1.165) is 0 Å². The lowest BCUT2D eigenvalue weighted by molar-refractivity contribution is 0.195. The summed E-state index contributed by atoms with van der Waals surface area (Å²) in [5.41, 5.74) is 0.353. The Labute approximate surface area is 120 Å². The van der Waals surface area contributed by atoms with Gasteiger partial charge in [0.2, 0.25) is 0 Å². The van der Waals surface area contributed by atoms with Crippen molar-refractivity contribution in [1.29, 1.82) is 0 Å². The van der Waals surface area contributed by atoms with Crippen LogP contribution >= 0.6 is 23.2 Å². The lowest BCUT2D eigenvalue weighted by Gasteiger charge is -2.14. The van der Waals surface area contributed by atoms with E-state index in [9.17, 15) is 9.50 Å². The minimum absolute atomic E-state index is 0.341. The van der Waals surface area contributed by atoms with Crippen LogP contribution < -0.4 is 4.74 Å². The molecule has 2 aromatic rings. The van der Waals surface area contributed by atoms with Crippen LogP contribution in [0.5, 0.6) is 11.5 Å². The molecule has 0 spiro atoms. The summed E-state index contributed by atoms with van der Waals surface area (Å²) in [5, 5.41) is 10.5. The summed E-state index contributed by atoms with van der Waals surface area (Å²) in [6.45, 7) is 1.53. The number of hydrogen-bond donors (Lipinski definition) is 1. The average Bonchev–Trinajstić information content (AvgIpc) is 2.34. The van der Waals surface area contributed by atoms with E-state index in [-0.39, 0.29) is 0 Å². The van der Waals surface area contributed by atoms with Gasteiger partial charge in [0.1, 0.15) is 17.3 Å². The van der Waals surface area contributed by atoms with Gasteiger partial charge < -0.3 is 9.84 Å². The van der Waals surface area contributed by atoms with Gasteiger partial charge in [0.05, 0.1) is 11.1 Å². The van der Waals surface area contributed by atoms with Gasteiger partial charge in [-0.2, -0.15) is 0 Å². The second-order valence-electron chi connectivity index (χ2n) is 4.03. The van der Waals surface area contributed by atoms with Crippen molar-refractivity contribution in [2.75, 3.05) is 0 Å². The Morgan fingerprint density at radius 2 is 1.79 bits per heavy atom. The van der Waals surface area contributed by atoms with Crippen LogP contribution in [0, 0.1) is 5.82 Å². The molecule has 0 aliphatic rings. The van der Waals surface area contributed by atoms with E-state index in [4.69, 9.17) is 27.9 Å². The largest absolute Gasteiger partial charge is 0.455 e. The molecule has 2 aromatic carbocycles. The fourth-order valence-corrected chi connectivity index (χ4v) is 2.06. The van der Waals surface area contributed by atoms with E-state index >= 15 is 0 Å². The standard InChI is InChI=1S/C14H11Cl2FO2/c1-8(18)11-7-10(17)3-5-13(11)19-14-4-2-9(15)6-12(14)16/h2-8,18H,1H3/t8-/m0/s1. The lowest BCUT2D eigenvalue weighted by atomic mass is 10.1. The second kappa shape index (κ2) is 5.78. The summed E-state index contributed by atoms with van der Waals surface area (Å²) in [7, 11) is 0. The number of halogens is 3. The van der Waals surface area contributed by atoms with Crippen LogP contribution in [0.2, 0.25) is 10.0 Å². The van der Waals surface area contributed by atoms with E-state index in [1.807, 2.05) is 0 Å². The smallest absolute Gasteiger partial charge is 0.146 e. The number of aliphatic hydroxyl groups is 1. The number of hydrogen-bond acceptors (Lipinski definition) is 2. The molecule has 0 fully saturated rings. The van der Waals surface area contributed by atoms with E-state index in [0.29, 0.717) is 27.1 Å². The molecule has 19 heavy (non-hydrogen) atoms. The third-order valence-corrected chi connectivity index (χ3v) is 3.07. The molecule has 0 aliphatic carbocycles. The molecule has 1 atom stereocenters. The monoisotopic (exact) mass is 300 g/mol. The lowest BCUT2D eigenvalue weighted by Crippen LogP contribution is -1.97. The maximum absolute atomic E-state index is 13.2.